The largest absolute Gasteiger partial charge is 0.289 e. The molecule has 1 heteroatoms. The summed E-state index contributed by atoms with van der Waals surface area (Å²) in [6.07, 6.45) is 7.01. The fourth-order valence-electron chi connectivity index (χ4n) is 4.25. The van der Waals surface area contributed by atoms with E-state index in [0.29, 0.717) is 29.5 Å². The van der Waals surface area contributed by atoms with Gasteiger partial charge in [-0.3, -0.25) is 4.79 Å². The van der Waals surface area contributed by atoms with Crippen LogP contribution < -0.4 is 0 Å². The summed E-state index contributed by atoms with van der Waals surface area (Å²) in [5, 5.41) is 0. The highest BCUT2D eigenvalue weighted by Gasteiger charge is 2.50. The lowest BCUT2D eigenvalue weighted by Crippen LogP contribution is -2.35. The van der Waals surface area contributed by atoms with Gasteiger partial charge in [-0.2, -0.15) is 0 Å². The highest BCUT2D eigenvalue weighted by atomic mass is 16.1. The third-order valence-corrected chi connectivity index (χ3v) is 5.09. The molecule has 0 saturated heterocycles. The maximum atomic E-state index is 10.4. The predicted octanol–water partition coefficient (Wildman–Crippen LogP) is 3.60. The summed E-state index contributed by atoms with van der Waals surface area (Å²) >= 11 is 0. The molecule has 2 saturated carbocycles. The van der Waals surface area contributed by atoms with Crippen LogP contribution in [0.3, 0.4) is 0 Å². The number of carbonyl (C=O) groups excluding carboxylic acids is 1. The maximum absolute atomic E-state index is 10.4. The van der Waals surface area contributed by atoms with Gasteiger partial charge in [0.2, 0.25) is 0 Å². The number of allylic oxidation sites excluding steroid dienone is 1. The van der Waals surface area contributed by atoms with Crippen LogP contribution in [0.5, 0.6) is 0 Å². The van der Waals surface area contributed by atoms with E-state index in [9.17, 15) is 4.79 Å². The van der Waals surface area contributed by atoms with Crippen molar-refractivity contribution in [3.05, 3.63) is 12.2 Å². The van der Waals surface area contributed by atoms with E-state index in [1.54, 1.807) is 0 Å². The van der Waals surface area contributed by atoms with Gasteiger partial charge in [0.1, 0.15) is 0 Å². The zero-order valence-corrected chi connectivity index (χ0v) is 11.0. The molecule has 2 aliphatic carbocycles. The van der Waals surface area contributed by atoms with Crippen molar-refractivity contribution in [1.29, 1.82) is 0 Å². The lowest BCUT2D eigenvalue weighted by Gasteiger charge is -2.43. The molecule has 17 heavy (non-hydrogen) atoms. The first-order valence-corrected chi connectivity index (χ1v) is 6.72. The van der Waals surface area contributed by atoms with Crippen molar-refractivity contribution in [3.8, 4) is 11.8 Å². The normalized spacial score (nSPS) is 37.9. The molecule has 2 rings (SSSR count). The third kappa shape index (κ3) is 2.06. The highest BCUT2D eigenvalue weighted by molar-refractivity contribution is 5.72. The smallest absolute Gasteiger partial charge is 0.192 e. The predicted molar refractivity (Wildman–Crippen MR) is 70.3 cm³/mol. The van der Waals surface area contributed by atoms with Crippen LogP contribution in [0.15, 0.2) is 12.2 Å². The van der Waals surface area contributed by atoms with Crippen LogP contribution in [0.1, 0.15) is 46.0 Å². The zero-order valence-electron chi connectivity index (χ0n) is 11.0. The minimum atomic E-state index is 0.334. The molecule has 0 aromatic carbocycles. The molecule has 0 unspecified atom stereocenters. The van der Waals surface area contributed by atoms with Crippen LogP contribution >= 0.6 is 0 Å². The Morgan fingerprint density at radius 3 is 3.00 bits per heavy atom. The summed E-state index contributed by atoms with van der Waals surface area (Å²) < 4.78 is 0. The Hall–Kier alpha value is -1.03. The Kier molecular flexibility index (Phi) is 3.43. The van der Waals surface area contributed by atoms with Crippen molar-refractivity contribution in [2.24, 2.45) is 23.2 Å². The molecular formula is C16H22O. The van der Waals surface area contributed by atoms with Crippen LogP contribution in [-0.2, 0) is 4.79 Å². The maximum Gasteiger partial charge on any atom is 0.192 e. The lowest BCUT2D eigenvalue weighted by molar-refractivity contribution is -0.103. The zero-order chi connectivity index (χ0) is 12.5. The minimum Gasteiger partial charge on any atom is -0.289 e. The summed E-state index contributed by atoms with van der Waals surface area (Å²) in [7, 11) is 0. The van der Waals surface area contributed by atoms with E-state index in [4.69, 9.17) is 0 Å². The van der Waals surface area contributed by atoms with Crippen LogP contribution in [-0.4, -0.2) is 6.29 Å². The number of carbonyl (C=O) groups is 1. The Bertz CT molecular complexity index is 384. The first-order valence-electron chi connectivity index (χ1n) is 6.72. The molecule has 1 nitrogen and oxygen atoms in total. The molecule has 0 aliphatic heterocycles. The van der Waals surface area contributed by atoms with Crippen LogP contribution in [0.25, 0.3) is 0 Å². The summed E-state index contributed by atoms with van der Waals surface area (Å²) in [5.41, 5.74) is 1.84. The van der Waals surface area contributed by atoms with Crippen LogP contribution in [0, 0.1) is 35.0 Å². The van der Waals surface area contributed by atoms with Gasteiger partial charge in [-0.1, -0.05) is 31.9 Å². The fraction of sp³-hybridized carbons (Fsp3) is 0.688. The summed E-state index contributed by atoms with van der Waals surface area (Å²) in [6.45, 7) is 8.85. The second-order valence-electron chi connectivity index (χ2n) is 5.95. The van der Waals surface area contributed by atoms with E-state index in [0.717, 1.165) is 0 Å². The fourth-order valence-corrected chi connectivity index (χ4v) is 4.25. The van der Waals surface area contributed by atoms with Gasteiger partial charge >= 0.3 is 0 Å². The van der Waals surface area contributed by atoms with Crippen molar-refractivity contribution in [1.82, 2.24) is 0 Å². The Labute approximate surface area is 105 Å². The van der Waals surface area contributed by atoms with Crippen molar-refractivity contribution in [2.45, 2.75) is 46.0 Å². The van der Waals surface area contributed by atoms with Gasteiger partial charge in [0.25, 0.3) is 0 Å². The standard InChI is InChI=1S/C16H22O/c1-12-6-4-10-16(3)14(12)8-9-15(16)13(2)7-5-11-17/h11,13-15H,1,4,6,8-10H2,2-3H3/t13-,14-,15+,16-/m0/s1. The molecule has 0 aromatic heterocycles. The van der Waals surface area contributed by atoms with Gasteiger partial charge < -0.3 is 0 Å². The summed E-state index contributed by atoms with van der Waals surface area (Å²) in [5.74, 6) is 7.36. The average molecular weight is 230 g/mol. The van der Waals surface area contributed by atoms with Crippen molar-refractivity contribution >= 4 is 6.29 Å². The lowest BCUT2D eigenvalue weighted by atomic mass is 9.61. The van der Waals surface area contributed by atoms with Gasteiger partial charge in [-0.25, -0.2) is 0 Å². The second kappa shape index (κ2) is 4.69. The molecule has 4 atom stereocenters. The van der Waals surface area contributed by atoms with E-state index in [2.05, 4.69) is 32.3 Å². The van der Waals surface area contributed by atoms with Crippen molar-refractivity contribution < 1.29 is 4.79 Å². The molecule has 2 aliphatic rings. The van der Waals surface area contributed by atoms with Crippen LogP contribution in [0.2, 0.25) is 0 Å². The third-order valence-electron chi connectivity index (χ3n) is 5.09. The van der Waals surface area contributed by atoms with Crippen molar-refractivity contribution in [2.75, 3.05) is 0 Å². The number of hydrogen-bond donors (Lipinski definition) is 0. The molecule has 2 fully saturated rings. The Morgan fingerprint density at radius 2 is 2.29 bits per heavy atom. The quantitative estimate of drug-likeness (QED) is 0.382. The molecule has 92 valence electrons. The minimum absolute atomic E-state index is 0.334. The molecule has 0 N–H and O–H groups in total. The molecule has 0 aromatic rings. The summed E-state index contributed by atoms with van der Waals surface area (Å²) in [6, 6.07) is 0. The number of hydrogen-bond acceptors (Lipinski definition) is 1. The molecule has 0 amide bonds. The molecule has 0 bridgehead atoms. The topological polar surface area (TPSA) is 17.1 Å². The Balaban J connectivity index is 2.20. The van der Waals surface area contributed by atoms with Crippen LogP contribution in [0.4, 0.5) is 0 Å². The SMILES string of the molecule is C=C1CCC[C@]2(C)[C@@H]([C@@H](C)C#CC=O)CC[C@@H]12. The number of rotatable bonds is 1. The van der Waals surface area contributed by atoms with E-state index in [-0.39, 0.29) is 0 Å². The molecular weight excluding hydrogens is 208 g/mol. The van der Waals surface area contributed by atoms with E-state index < -0.39 is 0 Å². The molecule has 0 spiro atoms. The number of fused-ring (bicyclic) bond motifs is 1. The van der Waals surface area contributed by atoms with Gasteiger partial charge in [-0.15, -0.1) is 0 Å². The first kappa shape index (κ1) is 12.4. The monoisotopic (exact) mass is 230 g/mol. The highest BCUT2D eigenvalue weighted by Crippen LogP contribution is 2.58. The van der Waals surface area contributed by atoms with Gasteiger partial charge in [0.05, 0.1) is 0 Å². The molecule has 0 heterocycles. The average Bonchev–Trinajstić information content (AvgIpc) is 2.64. The second-order valence-corrected chi connectivity index (χ2v) is 5.95. The first-order chi connectivity index (χ1) is 8.09. The van der Waals surface area contributed by atoms with Gasteiger partial charge in [0.15, 0.2) is 6.29 Å². The van der Waals surface area contributed by atoms with E-state index in [1.165, 1.54) is 37.7 Å². The van der Waals surface area contributed by atoms with Crippen molar-refractivity contribution in [3.63, 3.8) is 0 Å². The van der Waals surface area contributed by atoms with E-state index in [1.807, 2.05) is 0 Å². The number of aldehydes is 1. The summed E-state index contributed by atoms with van der Waals surface area (Å²) in [4.78, 5) is 10.4. The molecule has 0 radical (unpaired) electrons. The van der Waals surface area contributed by atoms with E-state index >= 15 is 0 Å². The Morgan fingerprint density at radius 1 is 1.53 bits per heavy atom. The van der Waals surface area contributed by atoms with Gasteiger partial charge in [0, 0.05) is 5.92 Å². The van der Waals surface area contributed by atoms with Gasteiger partial charge in [-0.05, 0) is 55.3 Å².